The summed E-state index contributed by atoms with van der Waals surface area (Å²) in [5.41, 5.74) is 6.81. The molecular formula is C12H17N3O2. The first kappa shape index (κ1) is 11.9. The maximum atomic E-state index is 11.3. The van der Waals surface area contributed by atoms with Crippen molar-refractivity contribution in [2.24, 2.45) is 5.73 Å². The Balaban J connectivity index is 1.92. The van der Waals surface area contributed by atoms with Gasteiger partial charge in [0.05, 0.1) is 18.5 Å². The maximum absolute atomic E-state index is 11.3. The zero-order valence-electron chi connectivity index (χ0n) is 9.77. The van der Waals surface area contributed by atoms with Gasteiger partial charge in [0.1, 0.15) is 5.76 Å². The van der Waals surface area contributed by atoms with Crippen LogP contribution in [-0.4, -0.2) is 24.7 Å². The van der Waals surface area contributed by atoms with E-state index >= 15 is 0 Å². The molecule has 0 fully saturated rings. The van der Waals surface area contributed by atoms with Crippen molar-refractivity contribution in [3.8, 4) is 0 Å². The van der Waals surface area contributed by atoms with E-state index in [1.807, 2.05) is 6.08 Å². The molecule has 0 saturated heterocycles. The van der Waals surface area contributed by atoms with Crippen molar-refractivity contribution in [3.63, 3.8) is 0 Å². The fourth-order valence-corrected chi connectivity index (χ4v) is 1.89. The lowest BCUT2D eigenvalue weighted by Gasteiger charge is -2.25. The first-order valence-electron chi connectivity index (χ1n) is 5.68. The van der Waals surface area contributed by atoms with Gasteiger partial charge in [0.2, 0.25) is 5.91 Å². The Bertz CT molecular complexity index is 399. The van der Waals surface area contributed by atoms with E-state index in [0.29, 0.717) is 6.54 Å². The van der Waals surface area contributed by atoms with E-state index in [9.17, 15) is 4.79 Å². The van der Waals surface area contributed by atoms with Crippen molar-refractivity contribution in [2.45, 2.75) is 25.6 Å². The molecule has 2 unspecified atom stereocenters. The molecule has 2 aliphatic rings. The second-order valence-corrected chi connectivity index (χ2v) is 4.08. The van der Waals surface area contributed by atoms with E-state index in [1.165, 1.54) is 6.08 Å². The monoisotopic (exact) mass is 235 g/mol. The Morgan fingerprint density at radius 2 is 2.59 bits per heavy atom. The van der Waals surface area contributed by atoms with Crippen LogP contribution in [0.5, 0.6) is 0 Å². The highest BCUT2D eigenvalue weighted by molar-refractivity contribution is 5.87. The predicted octanol–water partition coefficient (Wildman–Crippen LogP) is 0.123. The van der Waals surface area contributed by atoms with E-state index in [-0.39, 0.29) is 18.1 Å². The molecule has 0 aromatic heterocycles. The molecule has 2 rings (SSSR count). The van der Waals surface area contributed by atoms with E-state index in [4.69, 9.17) is 10.5 Å². The van der Waals surface area contributed by atoms with Crippen LogP contribution in [0.4, 0.5) is 0 Å². The van der Waals surface area contributed by atoms with Gasteiger partial charge in [-0.1, -0.05) is 6.08 Å². The Labute approximate surface area is 100 Å². The first-order chi connectivity index (χ1) is 8.20. The molecule has 0 aromatic rings. The van der Waals surface area contributed by atoms with Gasteiger partial charge in [-0.3, -0.25) is 10.1 Å². The van der Waals surface area contributed by atoms with Crippen molar-refractivity contribution < 1.29 is 9.53 Å². The van der Waals surface area contributed by atoms with Gasteiger partial charge < -0.3 is 15.8 Å². The molecule has 2 aliphatic heterocycles. The molecule has 4 N–H and O–H groups in total. The molecule has 2 atom stereocenters. The van der Waals surface area contributed by atoms with Gasteiger partial charge in [-0.15, -0.1) is 0 Å². The van der Waals surface area contributed by atoms with Crippen molar-refractivity contribution in [2.75, 3.05) is 6.54 Å². The lowest BCUT2D eigenvalue weighted by Crippen LogP contribution is -2.48. The van der Waals surface area contributed by atoms with Crippen LogP contribution in [0.1, 0.15) is 13.3 Å². The minimum absolute atomic E-state index is 0.00431. The number of amides is 1. The number of rotatable bonds is 3. The van der Waals surface area contributed by atoms with Crippen LogP contribution >= 0.6 is 0 Å². The number of hydrogen-bond acceptors (Lipinski definition) is 4. The quantitative estimate of drug-likeness (QED) is 0.607. The molecule has 0 aliphatic carbocycles. The fraction of sp³-hybridized carbons (Fsp3) is 0.417. The highest BCUT2D eigenvalue weighted by Crippen LogP contribution is 2.25. The summed E-state index contributed by atoms with van der Waals surface area (Å²) in [5.74, 6) is 0.771. The Morgan fingerprint density at radius 1 is 1.76 bits per heavy atom. The van der Waals surface area contributed by atoms with Crippen LogP contribution in [0.15, 0.2) is 35.8 Å². The van der Waals surface area contributed by atoms with Gasteiger partial charge in [-0.25, -0.2) is 0 Å². The number of nitrogens with one attached hydrogen (secondary N) is 2. The van der Waals surface area contributed by atoms with E-state index in [1.54, 1.807) is 19.3 Å². The third-order valence-electron chi connectivity index (χ3n) is 2.74. The van der Waals surface area contributed by atoms with Crippen LogP contribution in [0.2, 0.25) is 0 Å². The number of fused-ring (bicyclic) bond motifs is 1. The van der Waals surface area contributed by atoms with Gasteiger partial charge in [-0.05, 0) is 25.5 Å². The molecule has 92 valence electrons. The molecule has 0 aromatic carbocycles. The molecule has 0 spiro atoms. The zero-order valence-corrected chi connectivity index (χ0v) is 9.77. The number of ether oxygens (including phenoxy) is 1. The fourth-order valence-electron chi connectivity index (χ4n) is 1.89. The number of hydrogen-bond donors (Lipinski definition) is 3. The Kier molecular flexibility index (Phi) is 3.61. The van der Waals surface area contributed by atoms with Crippen molar-refractivity contribution in [1.82, 2.24) is 10.6 Å². The molecule has 2 heterocycles. The lowest BCUT2D eigenvalue weighted by atomic mass is 10.0. The molecule has 5 nitrogen and oxygen atoms in total. The second kappa shape index (κ2) is 5.16. The summed E-state index contributed by atoms with van der Waals surface area (Å²) in [4.78, 5) is 11.3. The molecule has 0 saturated carbocycles. The Morgan fingerprint density at radius 3 is 3.35 bits per heavy atom. The average molecular weight is 235 g/mol. The SMILES string of the molecule is C/C=C/C(=O)NCC1=COC2=CCC(N)NC12. The molecule has 0 bridgehead atoms. The third-order valence-corrected chi connectivity index (χ3v) is 2.74. The highest BCUT2D eigenvalue weighted by atomic mass is 16.5. The smallest absolute Gasteiger partial charge is 0.243 e. The summed E-state index contributed by atoms with van der Waals surface area (Å²) in [6.45, 7) is 2.27. The number of nitrogens with two attached hydrogens (primary N) is 1. The van der Waals surface area contributed by atoms with Crippen LogP contribution in [-0.2, 0) is 9.53 Å². The van der Waals surface area contributed by atoms with Crippen LogP contribution in [0.25, 0.3) is 0 Å². The van der Waals surface area contributed by atoms with Gasteiger partial charge in [0.15, 0.2) is 0 Å². The van der Waals surface area contributed by atoms with Crippen molar-refractivity contribution in [1.29, 1.82) is 0 Å². The van der Waals surface area contributed by atoms with Crippen molar-refractivity contribution in [3.05, 3.63) is 35.8 Å². The largest absolute Gasteiger partial charge is 0.468 e. The summed E-state index contributed by atoms with van der Waals surface area (Å²) in [5, 5.41) is 6.02. The van der Waals surface area contributed by atoms with Gasteiger partial charge in [-0.2, -0.15) is 0 Å². The summed E-state index contributed by atoms with van der Waals surface area (Å²) < 4.78 is 5.42. The summed E-state index contributed by atoms with van der Waals surface area (Å²) in [6, 6.07) is 0.00431. The first-order valence-corrected chi connectivity index (χ1v) is 5.68. The molecule has 17 heavy (non-hydrogen) atoms. The maximum Gasteiger partial charge on any atom is 0.243 e. The molecule has 1 amide bonds. The lowest BCUT2D eigenvalue weighted by molar-refractivity contribution is -0.116. The van der Waals surface area contributed by atoms with E-state index in [2.05, 4.69) is 10.6 Å². The predicted molar refractivity (Wildman–Crippen MR) is 64.6 cm³/mol. The number of allylic oxidation sites excluding steroid dienone is 1. The van der Waals surface area contributed by atoms with Gasteiger partial charge in [0.25, 0.3) is 0 Å². The zero-order chi connectivity index (χ0) is 12.3. The summed E-state index contributed by atoms with van der Waals surface area (Å²) >= 11 is 0. The standard InChI is InChI=1S/C12H17N3O2/c1-2-3-11(16)14-6-8-7-17-9-4-5-10(13)15-12(8)9/h2-4,7,10,12,15H,5-6,13H2,1H3,(H,14,16)/b3-2+. The summed E-state index contributed by atoms with van der Waals surface area (Å²) in [6.07, 6.45) is 7.57. The third kappa shape index (κ3) is 2.75. The number of carbonyl (C=O) groups excluding carboxylic acids is 1. The van der Waals surface area contributed by atoms with Crippen molar-refractivity contribution >= 4 is 5.91 Å². The minimum atomic E-state index is -0.106. The Hall–Kier alpha value is -1.59. The second-order valence-electron chi connectivity index (χ2n) is 4.08. The van der Waals surface area contributed by atoms with Gasteiger partial charge >= 0.3 is 0 Å². The summed E-state index contributed by atoms with van der Waals surface area (Å²) in [7, 11) is 0. The van der Waals surface area contributed by atoms with E-state index < -0.39 is 0 Å². The van der Waals surface area contributed by atoms with Crippen LogP contribution < -0.4 is 16.4 Å². The van der Waals surface area contributed by atoms with Gasteiger partial charge in [0, 0.05) is 12.1 Å². The molecular weight excluding hydrogens is 218 g/mol. The van der Waals surface area contributed by atoms with E-state index in [0.717, 1.165) is 17.8 Å². The minimum Gasteiger partial charge on any atom is -0.468 e. The van der Waals surface area contributed by atoms with Crippen LogP contribution in [0, 0.1) is 0 Å². The number of carbonyl (C=O) groups is 1. The normalized spacial score (nSPS) is 27.2. The molecule has 0 radical (unpaired) electrons. The highest BCUT2D eigenvalue weighted by Gasteiger charge is 2.30. The molecule has 5 heteroatoms. The average Bonchev–Trinajstić information content (AvgIpc) is 2.69. The van der Waals surface area contributed by atoms with Crippen LogP contribution in [0.3, 0.4) is 0 Å². The topological polar surface area (TPSA) is 76.4 Å².